The molecule has 1 N–H and O–H groups in total. The Kier molecular flexibility index (Phi) is 6.57. The third-order valence-corrected chi connectivity index (χ3v) is 3.39. The summed E-state index contributed by atoms with van der Waals surface area (Å²) in [6.07, 6.45) is 3.34. The van der Waals surface area contributed by atoms with Crippen molar-refractivity contribution in [3.63, 3.8) is 0 Å². The lowest BCUT2D eigenvalue weighted by molar-refractivity contribution is 0.00649. The number of amides is 1. The van der Waals surface area contributed by atoms with E-state index < -0.39 is 5.60 Å². The first-order chi connectivity index (χ1) is 10.5. The van der Waals surface area contributed by atoms with Gasteiger partial charge in [-0.3, -0.25) is 4.98 Å². The summed E-state index contributed by atoms with van der Waals surface area (Å²) in [4.78, 5) is 18.3. The monoisotopic (exact) mass is 321 g/mol. The molecule has 0 aromatic carbocycles. The number of pyridine rings is 1. The summed E-state index contributed by atoms with van der Waals surface area (Å²) >= 11 is 0. The highest BCUT2D eigenvalue weighted by Crippen LogP contribution is 2.18. The van der Waals surface area contributed by atoms with Crippen molar-refractivity contribution >= 4 is 6.09 Å². The van der Waals surface area contributed by atoms with Crippen molar-refractivity contribution in [2.24, 2.45) is 0 Å². The molecule has 0 aliphatic heterocycles. The van der Waals surface area contributed by atoms with E-state index in [0.29, 0.717) is 13.1 Å². The molecule has 130 valence electrons. The molecule has 0 bridgehead atoms. The summed E-state index contributed by atoms with van der Waals surface area (Å²) in [6, 6.07) is 4.15. The molecule has 1 amide bonds. The van der Waals surface area contributed by atoms with Gasteiger partial charge in [-0.15, -0.1) is 0 Å². The quantitative estimate of drug-likeness (QED) is 0.897. The van der Waals surface area contributed by atoms with Crippen LogP contribution in [0.4, 0.5) is 4.79 Å². The smallest absolute Gasteiger partial charge is 0.410 e. The van der Waals surface area contributed by atoms with E-state index in [1.165, 1.54) is 0 Å². The van der Waals surface area contributed by atoms with Gasteiger partial charge in [0.15, 0.2) is 0 Å². The number of hydrogen-bond donors (Lipinski definition) is 1. The fourth-order valence-electron chi connectivity index (χ4n) is 2.16. The zero-order chi connectivity index (χ0) is 17.7. The van der Waals surface area contributed by atoms with Crippen molar-refractivity contribution in [1.82, 2.24) is 15.2 Å². The molecule has 0 fully saturated rings. The normalized spacial score (nSPS) is 13.5. The number of nitrogens with zero attached hydrogens (tertiary/aromatic N) is 2. The second-order valence-electron chi connectivity index (χ2n) is 7.76. The number of aromatic nitrogens is 1. The summed E-state index contributed by atoms with van der Waals surface area (Å²) in [5.41, 5.74) is 0.352. The van der Waals surface area contributed by atoms with E-state index in [1.807, 2.05) is 59.9 Å². The maximum absolute atomic E-state index is 12.4. The number of nitrogens with one attached hydrogen (secondary N) is 1. The van der Waals surface area contributed by atoms with Crippen molar-refractivity contribution in [3.8, 4) is 0 Å². The van der Waals surface area contributed by atoms with Gasteiger partial charge in [-0.05, 0) is 60.1 Å². The SMILES string of the molecule is C[C@@H](NCCN(C(=O)OC(C)(C)C)C(C)(C)C)c1cccnc1. The van der Waals surface area contributed by atoms with Crippen LogP contribution in [0.5, 0.6) is 0 Å². The third-order valence-electron chi connectivity index (χ3n) is 3.39. The summed E-state index contributed by atoms with van der Waals surface area (Å²) in [7, 11) is 0. The van der Waals surface area contributed by atoms with E-state index in [0.717, 1.165) is 5.56 Å². The molecular formula is C18H31N3O2. The molecule has 0 spiro atoms. The van der Waals surface area contributed by atoms with E-state index in [-0.39, 0.29) is 17.7 Å². The largest absolute Gasteiger partial charge is 0.444 e. The standard InChI is InChI=1S/C18H31N3O2/c1-14(15-9-8-10-19-13-15)20-11-12-21(17(2,3)4)16(22)23-18(5,6)7/h8-10,13-14,20H,11-12H2,1-7H3/t14-/m1/s1. The second-order valence-corrected chi connectivity index (χ2v) is 7.76. The Hall–Kier alpha value is -1.62. The Labute approximate surface area is 140 Å². The molecule has 0 unspecified atom stereocenters. The highest BCUT2D eigenvalue weighted by Gasteiger charge is 2.30. The molecule has 5 heteroatoms. The predicted molar refractivity (Wildman–Crippen MR) is 93.3 cm³/mol. The van der Waals surface area contributed by atoms with Crippen LogP contribution in [-0.4, -0.2) is 40.2 Å². The number of hydrogen-bond acceptors (Lipinski definition) is 4. The summed E-state index contributed by atoms with van der Waals surface area (Å²) < 4.78 is 5.52. The molecule has 1 heterocycles. The number of ether oxygens (including phenoxy) is 1. The van der Waals surface area contributed by atoms with Crippen molar-refractivity contribution in [2.75, 3.05) is 13.1 Å². The fourth-order valence-corrected chi connectivity index (χ4v) is 2.16. The van der Waals surface area contributed by atoms with Gasteiger partial charge in [0.1, 0.15) is 5.60 Å². The minimum Gasteiger partial charge on any atom is -0.444 e. The van der Waals surface area contributed by atoms with Crippen molar-refractivity contribution in [1.29, 1.82) is 0 Å². The molecular weight excluding hydrogens is 290 g/mol. The van der Waals surface area contributed by atoms with E-state index in [1.54, 1.807) is 11.1 Å². The van der Waals surface area contributed by atoms with Crippen LogP contribution in [0.1, 0.15) is 60.1 Å². The predicted octanol–water partition coefficient (Wildman–Crippen LogP) is 3.77. The minimum atomic E-state index is -0.489. The molecule has 0 saturated heterocycles. The van der Waals surface area contributed by atoms with E-state index >= 15 is 0 Å². The first kappa shape index (κ1) is 19.4. The Bertz CT molecular complexity index is 489. The van der Waals surface area contributed by atoms with Gasteiger partial charge in [-0.1, -0.05) is 6.07 Å². The van der Waals surface area contributed by atoms with Crippen LogP contribution in [0, 0.1) is 0 Å². The lowest BCUT2D eigenvalue weighted by atomic mass is 10.1. The maximum atomic E-state index is 12.4. The van der Waals surface area contributed by atoms with Crippen LogP contribution < -0.4 is 5.32 Å². The molecule has 0 aliphatic rings. The Morgan fingerprint density at radius 2 is 1.96 bits per heavy atom. The molecule has 0 radical (unpaired) electrons. The number of carbonyl (C=O) groups is 1. The summed E-state index contributed by atoms with van der Waals surface area (Å²) in [5, 5.41) is 3.43. The third kappa shape index (κ3) is 6.99. The van der Waals surface area contributed by atoms with Crippen LogP contribution in [0.2, 0.25) is 0 Å². The van der Waals surface area contributed by atoms with E-state index in [9.17, 15) is 4.79 Å². The van der Waals surface area contributed by atoms with Crippen molar-refractivity contribution in [2.45, 2.75) is 65.6 Å². The fraction of sp³-hybridized carbons (Fsp3) is 0.667. The zero-order valence-electron chi connectivity index (χ0n) is 15.5. The molecule has 23 heavy (non-hydrogen) atoms. The molecule has 5 nitrogen and oxygen atoms in total. The highest BCUT2D eigenvalue weighted by molar-refractivity contribution is 5.69. The van der Waals surface area contributed by atoms with Gasteiger partial charge >= 0.3 is 6.09 Å². The lowest BCUT2D eigenvalue weighted by Crippen LogP contribution is -2.50. The van der Waals surface area contributed by atoms with Gasteiger partial charge in [0.2, 0.25) is 0 Å². The lowest BCUT2D eigenvalue weighted by Gasteiger charge is -2.37. The van der Waals surface area contributed by atoms with Crippen LogP contribution >= 0.6 is 0 Å². The molecule has 0 saturated carbocycles. The average Bonchev–Trinajstić information content (AvgIpc) is 2.40. The topological polar surface area (TPSA) is 54.5 Å². The second kappa shape index (κ2) is 7.77. The summed E-state index contributed by atoms with van der Waals surface area (Å²) in [6.45, 7) is 15.1. The Balaban J connectivity index is 2.60. The maximum Gasteiger partial charge on any atom is 0.410 e. The highest BCUT2D eigenvalue weighted by atomic mass is 16.6. The van der Waals surface area contributed by atoms with Crippen LogP contribution in [0.25, 0.3) is 0 Å². The molecule has 1 atom stereocenters. The van der Waals surface area contributed by atoms with Crippen molar-refractivity contribution < 1.29 is 9.53 Å². The first-order valence-electron chi connectivity index (χ1n) is 8.14. The van der Waals surface area contributed by atoms with Crippen LogP contribution in [0.3, 0.4) is 0 Å². The number of carbonyl (C=O) groups excluding carboxylic acids is 1. The van der Waals surface area contributed by atoms with Crippen LogP contribution in [-0.2, 0) is 4.74 Å². The van der Waals surface area contributed by atoms with Gasteiger partial charge in [0.05, 0.1) is 0 Å². The first-order valence-corrected chi connectivity index (χ1v) is 8.14. The molecule has 0 aliphatic carbocycles. The zero-order valence-corrected chi connectivity index (χ0v) is 15.5. The van der Waals surface area contributed by atoms with Gasteiger partial charge in [-0.25, -0.2) is 4.79 Å². The number of rotatable bonds is 5. The molecule has 1 aromatic rings. The van der Waals surface area contributed by atoms with Gasteiger partial charge in [0.25, 0.3) is 0 Å². The van der Waals surface area contributed by atoms with Crippen LogP contribution in [0.15, 0.2) is 24.5 Å². The Morgan fingerprint density at radius 3 is 2.43 bits per heavy atom. The van der Waals surface area contributed by atoms with Gasteiger partial charge in [0, 0.05) is 37.1 Å². The minimum absolute atomic E-state index is 0.184. The molecule has 1 rings (SSSR count). The summed E-state index contributed by atoms with van der Waals surface area (Å²) in [5.74, 6) is 0. The van der Waals surface area contributed by atoms with E-state index in [4.69, 9.17) is 4.74 Å². The average molecular weight is 321 g/mol. The van der Waals surface area contributed by atoms with Gasteiger partial charge in [-0.2, -0.15) is 0 Å². The molecule has 1 aromatic heterocycles. The van der Waals surface area contributed by atoms with Crippen molar-refractivity contribution in [3.05, 3.63) is 30.1 Å². The van der Waals surface area contributed by atoms with Gasteiger partial charge < -0.3 is 15.0 Å². The Morgan fingerprint density at radius 1 is 1.30 bits per heavy atom. The van der Waals surface area contributed by atoms with E-state index in [2.05, 4.69) is 17.2 Å².